The third-order valence-corrected chi connectivity index (χ3v) is 1.88. The van der Waals surface area contributed by atoms with Gasteiger partial charge in [0, 0.05) is 11.8 Å². The van der Waals surface area contributed by atoms with Gasteiger partial charge in [-0.15, -0.1) is 0 Å². The van der Waals surface area contributed by atoms with Gasteiger partial charge < -0.3 is 10.5 Å². The van der Waals surface area contributed by atoms with Crippen LogP contribution in [-0.4, -0.2) is 5.11 Å². The summed E-state index contributed by atoms with van der Waals surface area (Å²) in [5, 5.41) is 9.90. The molecular weight excluding hydrogens is 152 g/mol. The Bertz CT molecular complexity index is 297. The Kier molecular flexibility index (Phi) is 1.60. The van der Waals surface area contributed by atoms with E-state index in [1.54, 1.807) is 12.3 Å². The molecule has 1 aromatic rings. The zero-order valence-corrected chi connectivity index (χ0v) is 6.49. The molecule has 1 unspecified atom stereocenters. The highest BCUT2D eigenvalue weighted by molar-refractivity contribution is 5.27. The summed E-state index contributed by atoms with van der Waals surface area (Å²) < 4.78 is 0. The van der Waals surface area contributed by atoms with Gasteiger partial charge in [-0.25, -0.2) is 0 Å². The molecule has 0 saturated carbocycles. The van der Waals surface area contributed by atoms with Crippen molar-refractivity contribution in [2.45, 2.75) is 5.72 Å². The predicted molar refractivity (Wildman–Crippen MR) is 45.8 cm³/mol. The Hall–Kier alpha value is -1.32. The van der Waals surface area contributed by atoms with Crippen LogP contribution in [0, 0.1) is 0 Å². The zero-order chi connectivity index (χ0) is 8.44. The van der Waals surface area contributed by atoms with Gasteiger partial charge >= 0.3 is 0 Å². The van der Waals surface area contributed by atoms with Gasteiger partial charge in [0.25, 0.3) is 0 Å². The van der Waals surface area contributed by atoms with Crippen LogP contribution in [0.25, 0.3) is 0 Å². The van der Waals surface area contributed by atoms with Crippen molar-refractivity contribution in [2.75, 3.05) is 0 Å². The monoisotopic (exact) mass is 162 g/mol. The Morgan fingerprint density at radius 2 is 1.92 bits per heavy atom. The second kappa shape index (κ2) is 2.62. The van der Waals surface area contributed by atoms with Crippen LogP contribution in [0.2, 0.25) is 0 Å². The first-order chi connectivity index (χ1) is 5.81. The summed E-state index contributed by atoms with van der Waals surface area (Å²) in [6, 6.07) is 9.43. The van der Waals surface area contributed by atoms with Crippen LogP contribution in [0.4, 0.5) is 0 Å². The molecule has 3 N–H and O–H groups in total. The van der Waals surface area contributed by atoms with Crippen molar-refractivity contribution in [3.63, 3.8) is 0 Å². The van der Waals surface area contributed by atoms with Gasteiger partial charge in [0.1, 0.15) is 0 Å². The van der Waals surface area contributed by atoms with Crippen LogP contribution in [0.1, 0.15) is 5.56 Å². The van der Waals surface area contributed by atoms with E-state index in [1.807, 2.05) is 30.3 Å². The molecule has 0 bridgehead atoms. The Morgan fingerprint density at radius 1 is 1.17 bits per heavy atom. The maximum absolute atomic E-state index is 9.90. The molecule has 0 amide bonds. The fourth-order valence-corrected chi connectivity index (χ4v) is 1.22. The Labute approximate surface area is 70.7 Å². The Morgan fingerprint density at radius 3 is 2.50 bits per heavy atom. The first-order valence-electron chi connectivity index (χ1n) is 3.79. The molecule has 0 radical (unpaired) electrons. The van der Waals surface area contributed by atoms with Gasteiger partial charge in [-0.05, 0) is 6.08 Å². The van der Waals surface area contributed by atoms with E-state index in [1.165, 1.54) is 0 Å². The minimum atomic E-state index is -1.05. The molecule has 12 heavy (non-hydrogen) atoms. The van der Waals surface area contributed by atoms with Crippen molar-refractivity contribution in [3.8, 4) is 0 Å². The van der Waals surface area contributed by atoms with Crippen LogP contribution in [-0.2, 0) is 5.72 Å². The molecule has 2 rings (SSSR count). The molecule has 0 spiro atoms. The van der Waals surface area contributed by atoms with Crippen molar-refractivity contribution in [1.82, 2.24) is 10.9 Å². The summed E-state index contributed by atoms with van der Waals surface area (Å²) in [6.45, 7) is 0. The number of benzene rings is 1. The van der Waals surface area contributed by atoms with Gasteiger partial charge in [-0.2, -0.15) is 5.43 Å². The summed E-state index contributed by atoms with van der Waals surface area (Å²) in [6.07, 6.45) is 3.34. The summed E-state index contributed by atoms with van der Waals surface area (Å²) in [5.41, 5.74) is 5.25. The molecule has 3 nitrogen and oxygen atoms in total. The summed E-state index contributed by atoms with van der Waals surface area (Å²) in [5.74, 6) is 0. The molecule has 3 heteroatoms. The normalized spacial score (nSPS) is 27.1. The van der Waals surface area contributed by atoms with Gasteiger partial charge in [0.15, 0.2) is 5.72 Å². The van der Waals surface area contributed by atoms with Crippen LogP contribution >= 0.6 is 0 Å². The molecule has 0 fully saturated rings. The van der Waals surface area contributed by atoms with Crippen molar-refractivity contribution >= 4 is 0 Å². The van der Waals surface area contributed by atoms with E-state index in [2.05, 4.69) is 10.9 Å². The van der Waals surface area contributed by atoms with Crippen LogP contribution in [0.3, 0.4) is 0 Å². The molecule has 0 aliphatic carbocycles. The molecule has 0 saturated heterocycles. The van der Waals surface area contributed by atoms with Crippen molar-refractivity contribution in [3.05, 3.63) is 48.2 Å². The maximum Gasteiger partial charge on any atom is 0.179 e. The quantitative estimate of drug-likeness (QED) is 0.562. The van der Waals surface area contributed by atoms with Gasteiger partial charge in [0.05, 0.1) is 0 Å². The van der Waals surface area contributed by atoms with E-state index in [9.17, 15) is 5.11 Å². The number of aliphatic hydroxyl groups is 1. The van der Waals surface area contributed by atoms with Crippen LogP contribution < -0.4 is 10.9 Å². The van der Waals surface area contributed by atoms with Crippen LogP contribution in [0.5, 0.6) is 0 Å². The predicted octanol–water partition coefficient (Wildman–Crippen LogP) is 0.453. The van der Waals surface area contributed by atoms with E-state index in [-0.39, 0.29) is 0 Å². The molecule has 1 aliphatic rings. The van der Waals surface area contributed by atoms with E-state index >= 15 is 0 Å². The number of hydrazine groups is 1. The number of hydrogen-bond acceptors (Lipinski definition) is 3. The zero-order valence-electron chi connectivity index (χ0n) is 6.49. The molecule has 0 aromatic heterocycles. The smallest absolute Gasteiger partial charge is 0.179 e. The minimum Gasteiger partial charge on any atom is -0.367 e. The van der Waals surface area contributed by atoms with Crippen LogP contribution in [0.15, 0.2) is 42.6 Å². The molecule has 62 valence electrons. The summed E-state index contributed by atoms with van der Waals surface area (Å²) in [4.78, 5) is 0. The highest BCUT2D eigenvalue weighted by Gasteiger charge is 2.27. The first kappa shape index (κ1) is 7.34. The summed E-state index contributed by atoms with van der Waals surface area (Å²) in [7, 11) is 0. The van der Waals surface area contributed by atoms with E-state index in [4.69, 9.17) is 0 Å². The van der Waals surface area contributed by atoms with Gasteiger partial charge in [0.2, 0.25) is 0 Å². The first-order valence-corrected chi connectivity index (χ1v) is 3.79. The Balaban J connectivity index is 2.36. The average molecular weight is 162 g/mol. The van der Waals surface area contributed by atoms with E-state index in [0.717, 1.165) is 5.56 Å². The largest absolute Gasteiger partial charge is 0.367 e. The lowest BCUT2D eigenvalue weighted by molar-refractivity contribution is 0.0530. The van der Waals surface area contributed by atoms with Gasteiger partial charge in [-0.3, -0.25) is 0 Å². The van der Waals surface area contributed by atoms with E-state index in [0.29, 0.717) is 0 Å². The number of rotatable bonds is 1. The third kappa shape index (κ3) is 1.09. The number of hydrogen-bond donors (Lipinski definition) is 3. The maximum atomic E-state index is 9.90. The second-order valence-electron chi connectivity index (χ2n) is 2.74. The fraction of sp³-hybridized carbons (Fsp3) is 0.111. The molecule has 1 aromatic carbocycles. The molecule has 1 heterocycles. The standard InChI is InChI=1S/C9H10N2O/c12-9(6-7-10-11-9)8-4-2-1-3-5-8/h1-7,10-12H. The highest BCUT2D eigenvalue weighted by atomic mass is 16.3. The fourth-order valence-electron chi connectivity index (χ4n) is 1.22. The number of nitrogens with one attached hydrogen (secondary N) is 2. The molecular formula is C9H10N2O. The third-order valence-electron chi connectivity index (χ3n) is 1.88. The SMILES string of the molecule is OC1(c2ccccc2)C=CNN1. The highest BCUT2D eigenvalue weighted by Crippen LogP contribution is 2.20. The van der Waals surface area contributed by atoms with Crippen molar-refractivity contribution in [2.24, 2.45) is 0 Å². The topological polar surface area (TPSA) is 44.3 Å². The molecule has 1 aliphatic heterocycles. The lowest BCUT2D eigenvalue weighted by atomic mass is 10.0. The lowest BCUT2D eigenvalue weighted by Gasteiger charge is -2.20. The average Bonchev–Trinajstić information content (AvgIpc) is 2.55. The van der Waals surface area contributed by atoms with Gasteiger partial charge in [-0.1, -0.05) is 30.3 Å². The van der Waals surface area contributed by atoms with Crippen molar-refractivity contribution < 1.29 is 5.11 Å². The lowest BCUT2D eigenvalue weighted by Crippen LogP contribution is -2.41. The second-order valence-corrected chi connectivity index (χ2v) is 2.74. The summed E-state index contributed by atoms with van der Waals surface area (Å²) >= 11 is 0. The van der Waals surface area contributed by atoms with E-state index < -0.39 is 5.72 Å². The van der Waals surface area contributed by atoms with Crippen molar-refractivity contribution in [1.29, 1.82) is 0 Å². The molecule has 1 atom stereocenters. The minimum absolute atomic E-state index is 0.825.